The van der Waals surface area contributed by atoms with Gasteiger partial charge in [0, 0.05) is 6.42 Å². The van der Waals surface area contributed by atoms with Gasteiger partial charge < -0.3 is 0 Å². The highest BCUT2D eigenvalue weighted by atomic mass is 14.9. The van der Waals surface area contributed by atoms with Crippen LogP contribution in [0.25, 0.3) is 0 Å². The van der Waals surface area contributed by atoms with Crippen molar-refractivity contribution in [2.75, 3.05) is 0 Å². The first-order valence-corrected chi connectivity index (χ1v) is 4.81. The molecule has 0 saturated carbocycles. The van der Waals surface area contributed by atoms with Crippen LogP contribution < -0.4 is 5.32 Å². The van der Waals surface area contributed by atoms with Crippen molar-refractivity contribution in [3.63, 3.8) is 0 Å². The van der Waals surface area contributed by atoms with E-state index in [4.69, 9.17) is 0 Å². The molecular formula is C13H10N. The second-order valence-corrected chi connectivity index (χ2v) is 3.55. The average Bonchev–Trinajstić information content (AvgIpc) is 2.26. The van der Waals surface area contributed by atoms with Crippen molar-refractivity contribution >= 4 is 11.4 Å². The molecule has 0 bridgehead atoms. The Labute approximate surface area is 83.4 Å². The fraction of sp³-hybridized carbons (Fsp3) is 0.0769. The maximum Gasteiger partial charge on any atom is 0.0672 e. The highest BCUT2D eigenvalue weighted by molar-refractivity contribution is 5.62. The number of nitrogens with zero attached hydrogens (tertiary/aromatic N) is 1. The number of rotatable bonds is 0. The van der Waals surface area contributed by atoms with Crippen molar-refractivity contribution in [1.82, 2.24) is 5.32 Å². The summed E-state index contributed by atoms with van der Waals surface area (Å²) in [6, 6.07) is 16.7. The first kappa shape index (κ1) is 7.63. The van der Waals surface area contributed by atoms with Crippen molar-refractivity contribution in [3.8, 4) is 0 Å². The fourth-order valence-corrected chi connectivity index (χ4v) is 1.87. The molecule has 1 heterocycles. The van der Waals surface area contributed by atoms with Gasteiger partial charge in [-0.3, -0.25) is 0 Å². The van der Waals surface area contributed by atoms with Gasteiger partial charge in [-0.2, -0.15) is 0 Å². The number of hydrogen-bond donors (Lipinski definition) is 0. The average molecular weight is 180 g/mol. The molecule has 0 aliphatic carbocycles. The van der Waals surface area contributed by atoms with Gasteiger partial charge in [0.05, 0.1) is 11.4 Å². The molecule has 0 N–H and O–H groups in total. The summed E-state index contributed by atoms with van der Waals surface area (Å²) in [5, 5.41) is 4.61. The molecule has 2 aromatic rings. The van der Waals surface area contributed by atoms with E-state index in [9.17, 15) is 0 Å². The van der Waals surface area contributed by atoms with Gasteiger partial charge in [0.15, 0.2) is 0 Å². The quantitative estimate of drug-likeness (QED) is 0.504. The third kappa shape index (κ3) is 1.10. The maximum atomic E-state index is 4.61. The van der Waals surface area contributed by atoms with Crippen LogP contribution in [0.3, 0.4) is 0 Å². The summed E-state index contributed by atoms with van der Waals surface area (Å²) in [4.78, 5) is 0. The van der Waals surface area contributed by atoms with Gasteiger partial charge in [0.1, 0.15) is 0 Å². The Bertz CT molecular complexity index is 387. The molecule has 1 nitrogen and oxygen atoms in total. The third-order valence-electron chi connectivity index (χ3n) is 2.61. The van der Waals surface area contributed by atoms with E-state index in [1.807, 2.05) is 12.1 Å². The third-order valence-corrected chi connectivity index (χ3v) is 2.61. The summed E-state index contributed by atoms with van der Waals surface area (Å²) in [6.07, 6.45) is 1.01. The molecule has 1 aliphatic heterocycles. The largest absolute Gasteiger partial charge is 0.248 e. The van der Waals surface area contributed by atoms with E-state index in [1.54, 1.807) is 0 Å². The van der Waals surface area contributed by atoms with Gasteiger partial charge >= 0.3 is 0 Å². The van der Waals surface area contributed by atoms with E-state index in [0.29, 0.717) is 0 Å². The number of hydrogen-bond acceptors (Lipinski definition) is 0. The van der Waals surface area contributed by atoms with E-state index >= 15 is 0 Å². The van der Waals surface area contributed by atoms with Crippen LogP contribution in [0.4, 0.5) is 11.4 Å². The summed E-state index contributed by atoms with van der Waals surface area (Å²) >= 11 is 0. The Kier molecular flexibility index (Phi) is 1.57. The Morgan fingerprint density at radius 1 is 0.714 bits per heavy atom. The second kappa shape index (κ2) is 2.88. The van der Waals surface area contributed by atoms with Crippen molar-refractivity contribution in [2.45, 2.75) is 6.42 Å². The smallest absolute Gasteiger partial charge is 0.0672 e. The van der Waals surface area contributed by atoms with Crippen molar-refractivity contribution in [1.29, 1.82) is 0 Å². The SMILES string of the molecule is c1ccc2c(c1)Cc1ccccc1[N]2. The van der Waals surface area contributed by atoms with Gasteiger partial charge in [0.25, 0.3) is 0 Å². The van der Waals surface area contributed by atoms with Crippen LogP contribution in [-0.4, -0.2) is 0 Å². The first-order valence-electron chi connectivity index (χ1n) is 4.81. The summed E-state index contributed by atoms with van der Waals surface area (Å²) < 4.78 is 0. The molecule has 1 heteroatoms. The van der Waals surface area contributed by atoms with Gasteiger partial charge in [-0.15, -0.1) is 0 Å². The maximum absolute atomic E-state index is 4.61. The molecule has 2 aromatic carbocycles. The van der Waals surface area contributed by atoms with Crippen LogP contribution in [-0.2, 0) is 6.42 Å². The lowest BCUT2D eigenvalue weighted by Crippen LogP contribution is -2.04. The van der Waals surface area contributed by atoms with E-state index in [-0.39, 0.29) is 0 Å². The van der Waals surface area contributed by atoms with Crippen LogP contribution in [0.1, 0.15) is 11.1 Å². The molecule has 0 atom stereocenters. The molecule has 0 unspecified atom stereocenters. The summed E-state index contributed by atoms with van der Waals surface area (Å²) in [5.74, 6) is 0. The molecule has 0 saturated heterocycles. The Morgan fingerprint density at radius 2 is 1.21 bits per heavy atom. The van der Waals surface area contributed by atoms with Crippen LogP contribution in [0.5, 0.6) is 0 Å². The van der Waals surface area contributed by atoms with Crippen LogP contribution in [0.2, 0.25) is 0 Å². The molecule has 67 valence electrons. The van der Waals surface area contributed by atoms with Crippen molar-refractivity contribution in [3.05, 3.63) is 59.7 Å². The predicted molar refractivity (Wildman–Crippen MR) is 57.1 cm³/mol. The van der Waals surface area contributed by atoms with E-state index in [2.05, 4.69) is 41.7 Å². The summed E-state index contributed by atoms with van der Waals surface area (Å²) in [7, 11) is 0. The second-order valence-electron chi connectivity index (χ2n) is 3.55. The standard InChI is InChI=1S/C13H10N/c1-3-7-12-10(5-1)9-11-6-2-4-8-13(11)14-12/h1-8H,9H2. The lowest BCUT2D eigenvalue weighted by Gasteiger charge is -2.18. The Hall–Kier alpha value is -1.76. The molecule has 0 spiro atoms. The Balaban J connectivity index is 2.12. The number of benzene rings is 2. The summed E-state index contributed by atoms with van der Waals surface area (Å²) in [6.45, 7) is 0. The molecule has 0 amide bonds. The summed E-state index contributed by atoms with van der Waals surface area (Å²) in [5.41, 5.74) is 4.88. The van der Waals surface area contributed by atoms with Crippen LogP contribution in [0.15, 0.2) is 48.5 Å². The molecule has 3 rings (SSSR count). The van der Waals surface area contributed by atoms with Crippen molar-refractivity contribution in [2.24, 2.45) is 0 Å². The van der Waals surface area contributed by atoms with Crippen LogP contribution >= 0.6 is 0 Å². The van der Waals surface area contributed by atoms with E-state index in [1.165, 1.54) is 11.1 Å². The van der Waals surface area contributed by atoms with E-state index in [0.717, 1.165) is 17.8 Å². The molecule has 0 aromatic heterocycles. The number of fused-ring (bicyclic) bond motifs is 2. The fourth-order valence-electron chi connectivity index (χ4n) is 1.87. The molecule has 14 heavy (non-hydrogen) atoms. The minimum absolute atomic E-state index is 1.01. The lowest BCUT2D eigenvalue weighted by molar-refractivity contribution is 1.03. The molecule has 1 radical (unpaired) electrons. The van der Waals surface area contributed by atoms with Gasteiger partial charge in [0.2, 0.25) is 0 Å². The zero-order valence-electron chi connectivity index (χ0n) is 7.77. The highest BCUT2D eigenvalue weighted by Gasteiger charge is 2.14. The van der Waals surface area contributed by atoms with Gasteiger partial charge in [-0.05, 0) is 23.3 Å². The molecular weight excluding hydrogens is 170 g/mol. The van der Waals surface area contributed by atoms with E-state index < -0.39 is 0 Å². The number of para-hydroxylation sites is 2. The zero-order chi connectivity index (χ0) is 9.38. The topological polar surface area (TPSA) is 14.1 Å². The zero-order valence-corrected chi connectivity index (χ0v) is 7.77. The predicted octanol–water partition coefficient (Wildman–Crippen LogP) is 3.16. The van der Waals surface area contributed by atoms with Gasteiger partial charge in [-0.25, -0.2) is 5.32 Å². The first-order chi connectivity index (χ1) is 6.93. The van der Waals surface area contributed by atoms with Crippen molar-refractivity contribution < 1.29 is 0 Å². The minimum Gasteiger partial charge on any atom is -0.248 e. The molecule has 1 aliphatic rings. The normalized spacial score (nSPS) is 12.6. The molecule has 0 fully saturated rings. The highest BCUT2D eigenvalue weighted by Crippen LogP contribution is 2.32. The Morgan fingerprint density at radius 3 is 1.79 bits per heavy atom. The lowest BCUT2D eigenvalue weighted by atomic mass is 9.98. The monoisotopic (exact) mass is 180 g/mol. The minimum atomic E-state index is 1.01. The van der Waals surface area contributed by atoms with Crippen LogP contribution in [0, 0.1) is 0 Å². The van der Waals surface area contributed by atoms with Gasteiger partial charge in [-0.1, -0.05) is 36.4 Å².